The lowest BCUT2D eigenvalue weighted by molar-refractivity contribution is 0.0953. The summed E-state index contributed by atoms with van der Waals surface area (Å²) in [6, 6.07) is 1.03. The van der Waals surface area contributed by atoms with Crippen LogP contribution in [0.5, 0.6) is 0 Å². The van der Waals surface area contributed by atoms with Gasteiger partial charge in [-0.1, -0.05) is 13.8 Å². The van der Waals surface area contributed by atoms with Crippen molar-refractivity contribution in [3.05, 3.63) is 26.9 Å². The van der Waals surface area contributed by atoms with Gasteiger partial charge in [-0.05, 0) is 12.8 Å². The summed E-state index contributed by atoms with van der Waals surface area (Å²) < 4.78 is 6.72. The molecule has 6 nitrogen and oxygen atoms in total. The van der Waals surface area contributed by atoms with Crippen LogP contribution < -0.4 is 17.0 Å². The predicted molar refractivity (Wildman–Crippen MR) is 66.1 cm³/mol. The molecule has 0 saturated carbocycles. The van der Waals surface area contributed by atoms with Gasteiger partial charge in [-0.2, -0.15) is 0 Å². The SMILES string of the molecule is CCOCC(C(C)C)n1c(N)cc(=O)[nH]c1=O. The lowest BCUT2D eigenvalue weighted by Crippen LogP contribution is -2.37. The molecular formula is C11H19N3O3. The van der Waals surface area contributed by atoms with E-state index in [4.69, 9.17) is 10.5 Å². The number of aromatic nitrogens is 2. The standard InChI is InChI=1S/C11H19N3O3/c1-4-17-6-8(7(2)3)14-9(12)5-10(15)13-11(14)16/h5,7-8H,4,6,12H2,1-3H3,(H,13,15,16). The van der Waals surface area contributed by atoms with Gasteiger partial charge in [-0.3, -0.25) is 14.3 Å². The second-order valence-electron chi connectivity index (χ2n) is 4.20. The summed E-state index contributed by atoms with van der Waals surface area (Å²) in [6.45, 7) is 6.79. The smallest absolute Gasteiger partial charge is 0.330 e. The van der Waals surface area contributed by atoms with Crippen LogP contribution in [-0.4, -0.2) is 22.8 Å². The number of hydrogen-bond donors (Lipinski definition) is 2. The van der Waals surface area contributed by atoms with Crippen LogP contribution in [0.2, 0.25) is 0 Å². The number of nitrogens with zero attached hydrogens (tertiary/aromatic N) is 1. The molecule has 1 aromatic heterocycles. The number of rotatable bonds is 5. The van der Waals surface area contributed by atoms with E-state index in [1.54, 1.807) is 0 Å². The van der Waals surface area contributed by atoms with Crippen LogP contribution in [0.3, 0.4) is 0 Å². The number of nitrogen functional groups attached to an aromatic ring is 1. The Kier molecular flexibility index (Phi) is 4.51. The minimum absolute atomic E-state index is 0.164. The largest absolute Gasteiger partial charge is 0.385 e. The average Bonchev–Trinajstić information content (AvgIpc) is 2.20. The van der Waals surface area contributed by atoms with E-state index in [0.29, 0.717) is 13.2 Å². The summed E-state index contributed by atoms with van der Waals surface area (Å²) in [4.78, 5) is 25.0. The van der Waals surface area contributed by atoms with E-state index in [9.17, 15) is 9.59 Å². The van der Waals surface area contributed by atoms with Gasteiger partial charge in [-0.15, -0.1) is 0 Å². The van der Waals surface area contributed by atoms with Crippen molar-refractivity contribution in [2.24, 2.45) is 5.92 Å². The third kappa shape index (κ3) is 3.20. The Balaban J connectivity index is 3.18. The molecule has 0 saturated heterocycles. The van der Waals surface area contributed by atoms with Gasteiger partial charge in [0.2, 0.25) is 0 Å². The molecule has 1 rings (SSSR count). The maximum Gasteiger partial charge on any atom is 0.330 e. The Labute approximate surface area is 99.4 Å². The van der Waals surface area contributed by atoms with E-state index in [-0.39, 0.29) is 17.8 Å². The molecule has 0 fully saturated rings. The third-order valence-electron chi connectivity index (χ3n) is 2.60. The molecule has 96 valence electrons. The van der Waals surface area contributed by atoms with Crippen molar-refractivity contribution >= 4 is 5.82 Å². The molecule has 0 aliphatic carbocycles. The molecule has 1 unspecified atom stereocenters. The Hall–Kier alpha value is -1.56. The molecule has 17 heavy (non-hydrogen) atoms. The topological polar surface area (TPSA) is 90.1 Å². The minimum Gasteiger partial charge on any atom is -0.385 e. The first-order valence-electron chi connectivity index (χ1n) is 5.66. The molecule has 0 spiro atoms. The Morgan fingerprint density at radius 1 is 1.47 bits per heavy atom. The van der Waals surface area contributed by atoms with Crippen molar-refractivity contribution in [2.45, 2.75) is 26.8 Å². The molecule has 6 heteroatoms. The van der Waals surface area contributed by atoms with Crippen molar-refractivity contribution in [2.75, 3.05) is 18.9 Å². The van der Waals surface area contributed by atoms with Crippen LogP contribution in [-0.2, 0) is 4.74 Å². The minimum atomic E-state index is -0.492. The zero-order valence-corrected chi connectivity index (χ0v) is 10.4. The second-order valence-corrected chi connectivity index (χ2v) is 4.20. The van der Waals surface area contributed by atoms with Crippen LogP contribution in [0.25, 0.3) is 0 Å². The average molecular weight is 241 g/mol. The number of hydrogen-bond acceptors (Lipinski definition) is 4. The molecule has 3 N–H and O–H groups in total. The number of nitrogens with two attached hydrogens (primary N) is 1. The summed E-state index contributed by atoms with van der Waals surface area (Å²) in [7, 11) is 0. The molecule has 0 aliphatic rings. The van der Waals surface area contributed by atoms with Crippen molar-refractivity contribution in [1.82, 2.24) is 9.55 Å². The van der Waals surface area contributed by atoms with Gasteiger partial charge in [0.1, 0.15) is 5.82 Å². The lowest BCUT2D eigenvalue weighted by atomic mass is 10.1. The van der Waals surface area contributed by atoms with E-state index >= 15 is 0 Å². The van der Waals surface area contributed by atoms with Gasteiger partial charge in [0.25, 0.3) is 5.56 Å². The first-order chi connectivity index (χ1) is 7.97. The first-order valence-corrected chi connectivity index (χ1v) is 5.66. The molecule has 0 bridgehead atoms. The zero-order valence-electron chi connectivity index (χ0n) is 10.4. The molecule has 0 radical (unpaired) electrons. The number of anilines is 1. The number of ether oxygens (including phenoxy) is 1. The van der Waals surface area contributed by atoms with Crippen molar-refractivity contribution in [3.63, 3.8) is 0 Å². The highest BCUT2D eigenvalue weighted by Gasteiger charge is 2.19. The number of H-pyrrole nitrogens is 1. The Morgan fingerprint density at radius 2 is 2.12 bits per heavy atom. The molecule has 1 heterocycles. The molecule has 0 aromatic carbocycles. The van der Waals surface area contributed by atoms with Gasteiger partial charge < -0.3 is 10.5 Å². The van der Waals surface area contributed by atoms with E-state index in [1.165, 1.54) is 10.6 Å². The summed E-state index contributed by atoms with van der Waals surface area (Å²) in [5.41, 5.74) is 4.74. The third-order valence-corrected chi connectivity index (χ3v) is 2.60. The van der Waals surface area contributed by atoms with Crippen LogP contribution in [0.1, 0.15) is 26.8 Å². The fourth-order valence-electron chi connectivity index (χ4n) is 1.67. The van der Waals surface area contributed by atoms with E-state index in [0.717, 1.165) is 0 Å². The van der Waals surface area contributed by atoms with Gasteiger partial charge in [-0.25, -0.2) is 4.79 Å². The van der Waals surface area contributed by atoms with E-state index in [1.807, 2.05) is 20.8 Å². The quantitative estimate of drug-likeness (QED) is 0.778. The van der Waals surface area contributed by atoms with Crippen molar-refractivity contribution in [3.8, 4) is 0 Å². The summed E-state index contributed by atoms with van der Waals surface area (Å²) in [5, 5.41) is 0. The van der Waals surface area contributed by atoms with Gasteiger partial charge in [0, 0.05) is 12.7 Å². The molecule has 1 aromatic rings. The molecule has 1 atom stereocenters. The fourth-order valence-corrected chi connectivity index (χ4v) is 1.67. The van der Waals surface area contributed by atoms with Crippen LogP contribution >= 0.6 is 0 Å². The summed E-state index contributed by atoms with van der Waals surface area (Å²) >= 11 is 0. The van der Waals surface area contributed by atoms with E-state index in [2.05, 4.69) is 4.98 Å². The molecule has 0 aliphatic heterocycles. The normalized spacial score (nSPS) is 12.9. The van der Waals surface area contributed by atoms with E-state index < -0.39 is 11.2 Å². The Morgan fingerprint density at radius 3 is 2.59 bits per heavy atom. The van der Waals surface area contributed by atoms with Crippen molar-refractivity contribution < 1.29 is 4.74 Å². The summed E-state index contributed by atoms with van der Waals surface area (Å²) in [5.74, 6) is 0.338. The van der Waals surface area contributed by atoms with Crippen LogP contribution in [0.4, 0.5) is 5.82 Å². The van der Waals surface area contributed by atoms with Gasteiger partial charge >= 0.3 is 5.69 Å². The number of aromatic amines is 1. The highest BCUT2D eigenvalue weighted by atomic mass is 16.5. The number of nitrogens with one attached hydrogen (secondary N) is 1. The fraction of sp³-hybridized carbons (Fsp3) is 0.636. The Bertz CT molecular complexity index is 476. The maximum absolute atomic E-state index is 11.7. The summed E-state index contributed by atoms with van der Waals surface area (Å²) in [6.07, 6.45) is 0. The highest BCUT2D eigenvalue weighted by Crippen LogP contribution is 2.18. The molecule has 0 amide bonds. The van der Waals surface area contributed by atoms with Crippen LogP contribution in [0, 0.1) is 5.92 Å². The van der Waals surface area contributed by atoms with Crippen LogP contribution in [0.15, 0.2) is 15.7 Å². The van der Waals surface area contributed by atoms with Crippen molar-refractivity contribution in [1.29, 1.82) is 0 Å². The second kappa shape index (κ2) is 5.67. The predicted octanol–water partition coefficient (Wildman–Crippen LogP) is 0.352. The first kappa shape index (κ1) is 13.5. The van der Waals surface area contributed by atoms with Gasteiger partial charge in [0.15, 0.2) is 0 Å². The maximum atomic E-state index is 11.7. The van der Waals surface area contributed by atoms with Gasteiger partial charge in [0.05, 0.1) is 12.6 Å². The highest BCUT2D eigenvalue weighted by molar-refractivity contribution is 5.27. The lowest BCUT2D eigenvalue weighted by Gasteiger charge is -2.24. The monoisotopic (exact) mass is 241 g/mol. The zero-order chi connectivity index (χ0) is 13.0. The molecular weight excluding hydrogens is 222 g/mol.